The smallest absolute Gasteiger partial charge is 0.244 e. The average molecular weight is 336 g/mol. The fourth-order valence-electron chi connectivity index (χ4n) is 2.51. The summed E-state index contributed by atoms with van der Waals surface area (Å²) in [6.07, 6.45) is 2.01. The molecular formula is C18H16N4OS. The van der Waals surface area contributed by atoms with Gasteiger partial charge in [0.1, 0.15) is 12.4 Å². The highest BCUT2D eigenvalue weighted by atomic mass is 32.2. The summed E-state index contributed by atoms with van der Waals surface area (Å²) in [6.45, 7) is 0.205. The Labute approximate surface area is 144 Å². The van der Waals surface area contributed by atoms with Gasteiger partial charge in [0.25, 0.3) is 0 Å². The molecule has 3 aromatic rings. The first-order chi connectivity index (χ1) is 11.7. The first-order valence-corrected chi connectivity index (χ1v) is 8.83. The van der Waals surface area contributed by atoms with E-state index < -0.39 is 0 Å². The Hall–Kier alpha value is -2.78. The molecule has 0 bridgehead atoms. The molecule has 1 aromatic heterocycles. The molecule has 1 N–H and O–H groups in total. The lowest BCUT2D eigenvalue weighted by atomic mass is 10.2. The lowest BCUT2D eigenvalue weighted by Gasteiger charge is -2.09. The highest BCUT2D eigenvalue weighted by Crippen LogP contribution is 2.19. The van der Waals surface area contributed by atoms with Crippen LogP contribution in [0, 0.1) is 11.3 Å². The third-order valence-electron chi connectivity index (χ3n) is 3.61. The number of hydrogen-bond acceptors (Lipinski definition) is 4. The lowest BCUT2D eigenvalue weighted by Crippen LogP contribution is -2.20. The van der Waals surface area contributed by atoms with Gasteiger partial charge in [0.05, 0.1) is 28.4 Å². The van der Waals surface area contributed by atoms with Gasteiger partial charge in [0.2, 0.25) is 5.91 Å². The Morgan fingerprint density at radius 2 is 2.00 bits per heavy atom. The second-order valence-corrected chi connectivity index (χ2v) is 6.14. The van der Waals surface area contributed by atoms with Gasteiger partial charge in [-0.3, -0.25) is 4.79 Å². The van der Waals surface area contributed by atoms with Crippen molar-refractivity contribution in [1.82, 2.24) is 9.55 Å². The largest absolute Gasteiger partial charge is 0.325 e. The van der Waals surface area contributed by atoms with E-state index in [4.69, 9.17) is 5.26 Å². The van der Waals surface area contributed by atoms with Crippen LogP contribution in [-0.4, -0.2) is 21.7 Å². The Kier molecular flexibility index (Phi) is 4.82. The molecule has 6 heteroatoms. The minimum Gasteiger partial charge on any atom is -0.325 e. The molecular weight excluding hydrogens is 320 g/mol. The van der Waals surface area contributed by atoms with Crippen molar-refractivity contribution in [2.75, 3.05) is 11.6 Å². The number of amides is 1. The fraction of sp³-hybridized carbons (Fsp3) is 0.167. The normalized spacial score (nSPS) is 10.5. The van der Waals surface area contributed by atoms with Crippen LogP contribution in [-0.2, 0) is 17.1 Å². The molecule has 0 unspecified atom stereocenters. The molecule has 0 aliphatic heterocycles. The van der Waals surface area contributed by atoms with Crippen molar-refractivity contribution < 1.29 is 4.79 Å². The molecule has 3 rings (SSSR count). The zero-order chi connectivity index (χ0) is 16.9. The van der Waals surface area contributed by atoms with E-state index in [0.717, 1.165) is 22.6 Å². The number of carbonyl (C=O) groups excluding carboxylic acids is 1. The van der Waals surface area contributed by atoms with E-state index in [0.29, 0.717) is 11.3 Å². The molecule has 0 aliphatic rings. The molecule has 5 nitrogen and oxygen atoms in total. The highest BCUT2D eigenvalue weighted by molar-refractivity contribution is 7.97. The van der Waals surface area contributed by atoms with Crippen LogP contribution < -0.4 is 5.32 Å². The number of rotatable bonds is 5. The van der Waals surface area contributed by atoms with Gasteiger partial charge in [-0.2, -0.15) is 17.0 Å². The van der Waals surface area contributed by atoms with Crippen molar-refractivity contribution in [3.63, 3.8) is 0 Å². The Morgan fingerprint density at radius 1 is 1.25 bits per heavy atom. The van der Waals surface area contributed by atoms with Crippen LogP contribution in [0.3, 0.4) is 0 Å². The molecule has 0 radical (unpaired) electrons. The fourth-order valence-corrected chi connectivity index (χ4v) is 2.99. The molecule has 0 atom stereocenters. The summed E-state index contributed by atoms with van der Waals surface area (Å²) in [7, 11) is 0. The average Bonchev–Trinajstić information content (AvgIpc) is 2.93. The van der Waals surface area contributed by atoms with E-state index in [1.807, 2.05) is 35.1 Å². The van der Waals surface area contributed by atoms with Crippen molar-refractivity contribution in [2.24, 2.45) is 0 Å². The lowest BCUT2D eigenvalue weighted by molar-refractivity contribution is -0.116. The van der Waals surface area contributed by atoms with E-state index in [1.54, 1.807) is 36.0 Å². The summed E-state index contributed by atoms with van der Waals surface area (Å²) >= 11 is 1.67. The molecule has 0 saturated carbocycles. The summed E-state index contributed by atoms with van der Waals surface area (Å²) in [5.74, 6) is 1.52. The topological polar surface area (TPSA) is 70.7 Å². The maximum atomic E-state index is 12.4. The van der Waals surface area contributed by atoms with Crippen molar-refractivity contribution in [1.29, 1.82) is 5.26 Å². The number of imidazole rings is 1. The molecule has 1 amide bonds. The molecule has 0 fully saturated rings. The van der Waals surface area contributed by atoms with Crippen LogP contribution in [0.1, 0.15) is 11.4 Å². The van der Waals surface area contributed by atoms with Crippen molar-refractivity contribution >= 4 is 34.4 Å². The Balaban J connectivity index is 1.81. The van der Waals surface area contributed by atoms with Gasteiger partial charge in [-0.05, 0) is 42.7 Å². The van der Waals surface area contributed by atoms with Crippen molar-refractivity contribution in [3.8, 4) is 6.07 Å². The second-order valence-electron chi connectivity index (χ2n) is 5.27. The zero-order valence-electron chi connectivity index (χ0n) is 13.2. The second kappa shape index (κ2) is 7.20. The molecule has 0 aliphatic carbocycles. The van der Waals surface area contributed by atoms with Gasteiger partial charge in [-0.15, -0.1) is 0 Å². The van der Waals surface area contributed by atoms with E-state index in [9.17, 15) is 4.79 Å². The van der Waals surface area contributed by atoms with Gasteiger partial charge in [-0.1, -0.05) is 12.1 Å². The van der Waals surface area contributed by atoms with Crippen LogP contribution in [0.5, 0.6) is 0 Å². The minimum absolute atomic E-state index is 0.120. The maximum absolute atomic E-state index is 12.4. The summed E-state index contributed by atoms with van der Waals surface area (Å²) in [5, 5.41) is 11.7. The van der Waals surface area contributed by atoms with Gasteiger partial charge in [0, 0.05) is 5.69 Å². The van der Waals surface area contributed by atoms with Crippen molar-refractivity contribution in [3.05, 3.63) is 59.9 Å². The number of thioether (sulfide) groups is 1. The van der Waals surface area contributed by atoms with Gasteiger partial charge in [-0.25, -0.2) is 4.98 Å². The summed E-state index contributed by atoms with van der Waals surface area (Å²) in [5.41, 5.74) is 3.09. The van der Waals surface area contributed by atoms with Crippen molar-refractivity contribution in [2.45, 2.75) is 12.3 Å². The van der Waals surface area contributed by atoms with E-state index in [-0.39, 0.29) is 12.5 Å². The summed E-state index contributed by atoms with van der Waals surface area (Å²) < 4.78 is 1.95. The molecule has 24 heavy (non-hydrogen) atoms. The highest BCUT2D eigenvalue weighted by Gasteiger charge is 2.13. The molecule has 0 spiro atoms. The molecule has 0 saturated heterocycles. The number of anilines is 1. The zero-order valence-corrected chi connectivity index (χ0v) is 14.0. The number of nitrogens with zero attached hydrogens (tertiary/aromatic N) is 3. The minimum atomic E-state index is -0.120. The molecule has 2 aromatic carbocycles. The first kappa shape index (κ1) is 16.1. The van der Waals surface area contributed by atoms with E-state index >= 15 is 0 Å². The number of nitrogens with one attached hydrogen (secondary N) is 1. The van der Waals surface area contributed by atoms with Gasteiger partial charge < -0.3 is 9.88 Å². The summed E-state index contributed by atoms with van der Waals surface area (Å²) in [4.78, 5) is 17.0. The van der Waals surface area contributed by atoms with Crippen LogP contribution in [0.4, 0.5) is 5.69 Å². The number of aromatic nitrogens is 2. The van der Waals surface area contributed by atoms with E-state index in [1.165, 1.54) is 0 Å². The van der Waals surface area contributed by atoms with Gasteiger partial charge in [0.15, 0.2) is 0 Å². The quantitative estimate of drug-likeness (QED) is 0.775. The SMILES string of the molecule is CSCc1nc2ccccc2n1CC(=O)Nc1ccc(C#N)cc1. The molecule has 1 heterocycles. The number of hydrogen-bond donors (Lipinski definition) is 1. The number of para-hydroxylation sites is 2. The standard InChI is InChI=1S/C18H16N4OS/c1-24-12-17-21-15-4-2-3-5-16(15)22(17)11-18(23)20-14-8-6-13(10-19)7-9-14/h2-9H,11-12H2,1H3,(H,20,23). The predicted octanol–water partition coefficient (Wildman–Crippen LogP) is 3.41. The van der Waals surface area contributed by atoms with Crippen LogP contribution in [0.2, 0.25) is 0 Å². The Bertz CT molecular complexity index is 909. The number of carbonyl (C=O) groups is 1. The number of nitriles is 1. The maximum Gasteiger partial charge on any atom is 0.244 e. The van der Waals surface area contributed by atoms with E-state index in [2.05, 4.69) is 16.4 Å². The predicted molar refractivity (Wildman–Crippen MR) is 96.7 cm³/mol. The first-order valence-electron chi connectivity index (χ1n) is 7.44. The van der Waals surface area contributed by atoms with Crippen LogP contribution in [0.15, 0.2) is 48.5 Å². The number of benzene rings is 2. The molecule has 120 valence electrons. The number of fused-ring (bicyclic) bond motifs is 1. The Morgan fingerprint density at radius 3 is 2.71 bits per heavy atom. The third kappa shape index (κ3) is 3.42. The summed E-state index contributed by atoms with van der Waals surface area (Å²) in [6, 6.07) is 16.7. The van der Waals surface area contributed by atoms with Crippen LogP contribution in [0.25, 0.3) is 11.0 Å². The van der Waals surface area contributed by atoms with Crippen LogP contribution >= 0.6 is 11.8 Å². The van der Waals surface area contributed by atoms with Gasteiger partial charge >= 0.3 is 0 Å². The monoisotopic (exact) mass is 336 g/mol. The third-order valence-corrected chi connectivity index (χ3v) is 4.15.